The van der Waals surface area contributed by atoms with Crippen molar-refractivity contribution in [2.24, 2.45) is 11.8 Å². The van der Waals surface area contributed by atoms with Gasteiger partial charge in [-0.25, -0.2) is 0 Å². The molecule has 0 aromatic heterocycles. The lowest BCUT2D eigenvalue weighted by atomic mass is 9.89. The quantitative estimate of drug-likeness (QED) is 0.158. The first-order chi connectivity index (χ1) is 14.4. The zero-order valence-electron chi connectivity index (χ0n) is 20.3. The second kappa shape index (κ2) is 10.4. The molecule has 1 fully saturated rings. The van der Waals surface area contributed by atoms with E-state index >= 15 is 0 Å². The van der Waals surface area contributed by atoms with Gasteiger partial charge in [0.25, 0.3) is 0 Å². The summed E-state index contributed by atoms with van der Waals surface area (Å²) >= 11 is 0. The smallest absolute Gasteiger partial charge is 0.209 e. The molecule has 7 heteroatoms. The largest absolute Gasteiger partial charge is 0.493 e. The maximum Gasteiger partial charge on any atom is 0.209 e. The fourth-order valence-corrected chi connectivity index (χ4v) is 5.01. The van der Waals surface area contributed by atoms with Gasteiger partial charge in [-0.1, -0.05) is 32.9 Å². The van der Waals surface area contributed by atoms with Crippen LogP contribution >= 0.6 is 0 Å². The van der Waals surface area contributed by atoms with Gasteiger partial charge in [0.1, 0.15) is 0 Å². The molecule has 1 aliphatic rings. The number of ether oxygens (including phenoxy) is 1. The molecule has 1 aromatic carbocycles. The summed E-state index contributed by atoms with van der Waals surface area (Å²) in [5.41, 5.74) is 8.55. The maximum absolute atomic E-state index is 10.9. The highest BCUT2D eigenvalue weighted by atomic mass is 28.4. The van der Waals surface area contributed by atoms with Crippen LogP contribution in [0, 0.1) is 11.8 Å². The molecule has 0 radical (unpaired) electrons. The van der Waals surface area contributed by atoms with Crippen LogP contribution in [-0.4, -0.2) is 34.3 Å². The van der Waals surface area contributed by atoms with E-state index in [1.165, 1.54) is 12.7 Å². The van der Waals surface area contributed by atoms with Crippen molar-refractivity contribution in [3.8, 4) is 11.5 Å². The van der Waals surface area contributed by atoms with Crippen LogP contribution in [0.4, 0.5) is 5.69 Å². The third-order valence-corrected chi connectivity index (χ3v) is 11.4. The number of aliphatic hydroxyl groups is 1. The number of nitrogens with two attached hydrogens (primary N) is 1. The minimum atomic E-state index is -1.78. The van der Waals surface area contributed by atoms with Crippen molar-refractivity contribution in [3.63, 3.8) is 0 Å². The van der Waals surface area contributed by atoms with Gasteiger partial charge in [-0.15, -0.1) is 0 Å². The Balaban J connectivity index is 2.03. The Morgan fingerprint density at radius 2 is 1.81 bits per heavy atom. The fourth-order valence-electron chi connectivity index (χ4n) is 3.94. The first kappa shape index (κ1) is 25.7. The van der Waals surface area contributed by atoms with Gasteiger partial charge >= 0.3 is 0 Å². The van der Waals surface area contributed by atoms with E-state index in [1.54, 1.807) is 19.2 Å². The van der Waals surface area contributed by atoms with E-state index in [2.05, 4.69) is 40.4 Å². The van der Waals surface area contributed by atoms with Crippen molar-refractivity contribution >= 4 is 14.0 Å². The molecule has 3 N–H and O–H groups in total. The Morgan fingerprint density at radius 3 is 2.39 bits per heavy atom. The van der Waals surface area contributed by atoms with E-state index in [0.29, 0.717) is 41.0 Å². The molecular formula is C24H41NO5Si. The maximum atomic E-state index is 10.9. The van der Waals surface area contributed by atoms with Gasteiger partial charge in [0.2, 0.25) is 5.75 Å². The first-order valence-corrected chi connectivity index (χ1v) is 14.0. The predicted molar refractivity (Wildman–Crippen MR) is 128 cm³/mol. The molecule has 2 unspecified atom stereocenters. The fraction of sp³-hybridized carbons (Fsp3) is 0.667. The van der Waals surface area contributed by atoms with Crippen LogP contribution in [0.3, 0.4) is 0 Å². The highest BCUT2D eigenvalue weighted by molar-refractivity contribution is 6.74. The van der Waals surface area contributed by atoms with E-state index < -0.39 is 14.4 Å². The van der Waals surface area contributed by atoms with E-state index in [4.69, 9.17) is 24.7 Å². The third kappa shape index (κ3) is 6.48. The van der Waals surface area contributed by atoms with Gasteiger partial charge in [-0.05, 0) is 61.7 Å². The molecule has 1 aliphatic carbocycles. The lowest BCUT2D eigenvalue weighted by molar-refractivity contribution is -0.179. The topological polar surface area (TPSA) is 83.2 Å². The third-order valence-electron chi connectivity index (χ3n) is 6.95. The molecular weight excluding hydrogens is 410 g/mol. The van der Waals surface area contributed by atoms with Gasteiger partial charge in [-0.2, -0.15) is 4.89 Å². The van der Waals surface area contributed by atoms with Crippen LogP contribution in [0.1, 0.15) is 58.1 Å². The zero-order chi connectivity index (χ0) is 23.4. The second-order valence-electron chi connectivity index (χ2n) is 10.2. The summed E-state index contributed by atoms with van der Waals surface area (Å²) in [6.07, 6.45) is 2.84. The molecule has 1 aromatic rings. The van der Waals surface area contributed by atoms with Crippen molar-refractivity contribution in [2.75, 3.05) is 26.6 Å². The number of methoxy groups -OCH3 is 1. The number of hydrogen-bond donors (Lipinski definition) is 2. The highest BCUT2D eigenvalue weighted by Crippen LogP contribution is 2.43. The van der Waals surface area contributed by atoms with Gasteiger partial charge in [0, 0.05) is 23.9 Å². The number of anilines is 1. The van der Waals surface area contributed by atoms with Crippen molar-refractivity contribution < 1.29 is 24.0 Å². The van der Waals surface area contributed by atoms with Gasteiger partial charge in [-0.3, -0.25) is 0 Å². The van der Waals surface area contributed by atoms with E-state index in [9.17, 15) is 5.11 Å². The molecule has 31 heavy (non-hydrogen) atoms. The number of rotatable bonds is 10. The summed E-state index contributed by atoms with van der Waals surface area (Å²) < 4.78 is 11.9. The molecule has 0 spiro atoms. The molecule has 0 heterocycles. The molecule has 0 amide bonds. The average molecular weight is 452 g/mol. The lowest BCUT2D eigenvalue weighted by Crippen LogP contribution is -2.42. The van der Waals surface area contributed by atoms with Crippen LogP contribution in [0.2, 0.25) is 18.1 Å². The molecule has 0 aliphatic heterocycles. The Kier molecular flexibility index (Phi) is 8.61. The minimum absolute atomic E-state index is 0.198. The Bertz CT molecular complexity index is 759. The van der Waals surface area contributed by atoms with Crippen LogP contribution in [0.15, 0.2) is 24.3 Å². The molecule has 2 rings (SSSR count). The van der Waals surface area contributed by atoms with Crippen LogP contribution in [0.25, 0.3) is 0 Å². The minimum Gasteiger partial charge on any atom is -0.493 e. The van der Waals surface area contributed by atoms with Crippen molar-refractivity contribution in [1.82, 2.24) is 0 Å². The molecule has 0 saturated heterocycles. The van der Waals surface area contributed by atoms with Crippen LogP contribution in [-0.2, 0) is 9.31 Å². The summed E-state index contributed by atoms with van der Waals surface area (Å²) in [6.45, 7) is 16.4. The molecule has 176 valence electrons. The summed E-state index contributed by atoms with van der Waals surface area (Å²) in [7, 11) is 1.18. The Labute approximate surface area is 188 Å². The monoisotopic (exact) mass is 451 g/mol. The number of aliphatic hydroxyl groups excluding tert-OH is 1. The van der Waals surface area contributed by atoms with Crippen LogP contribution < -0.4 is 15.4 Å². The SMILES string of the molecule is C=C1CC(CCC(O)c2cc(OC)c(OOC)cc2N)[C@H](CO[Si](C)(C)C(C)(C)C)C1. The van der Waals surface area contributed by atoms with Crippen LogP contribution in [0.5, 0.6) is 11.5 Å². The molecule has 0 bridgehead atoms. The standard InChI is InChI=1S/C24H41NO5Si/c1-16-11-17(18(12-16)15-29-31(7,8)24(2,3)4)9-10-21(26)19-13-22(27-5)23(30-28-6)14-20(19)25/h13-14,17-18,21,26H,1,9-12,15,25H2,2-8H3/t17?,18-,21?/m0/s1. The highest BCUT2D eigenvalue weighted by Gasteiger charge is 2.39. The van der Waals surface area contributed by atoms with Gasteiger partial charge < -0.3 is 24.9 Å². The van der Waals surface area contributed by atoms with Crippen molar-refractivity contribution in [1.29, 1.82) is 0 Å². The number of hydrogen-bond acceptors (Lipinski definition) is 6. The summed E-state index contributed by atoms with van der Waals surface area (Å²) in [4.78, 5) is 9.80. The van der Waals surface area contributed by atoms with E-state index in [0.717, 1.165) is 25.9 Å². The predicted octanol–water partition coefficient (Wildman–Crippen LogP) is 5.64. The summed E-state index contributed by atoms with van der Waals surface area (Å²) in [5.74, 6) is 1.78. The van der Waals surface area contributed by atoms with Gasteiger partial charge in [0.05, 0.1) is 20.3 Å². The van der Waals surface area contributed by atoms with E-state index in [1.807, 2.05) is 0 Å². The van der Waals surface area contributed by atoms with Crippen molar-refractivity contribution in [2.45, 2.75) is 70.7 Å². The second-order valence-corrected chi connectivity index (χ2v) is 15.0. The van der Waals surface area contributed by atoms with Gasteiger partial charge in [0.15, 0.2) is 14.1 Å². The number of nitrogen functional groups attached to an aromatic ring is 1. The summed E-state index contributed by atoms with van der Waals surface area (Å²) in [5, 5.41) is 11.1. The Morgan fingerprint density at radius 1 is 1.16 bits per heavy atom. The Hall–Kier alpha value is -1.54. The average Bonchev–Trinajstić information content (AvgIpc) is 3.03. The van der Waals surface area contributed by atoms with E-state index in [-0.39, 0.29) is 5.04 Å². The number of allylic oxidation sites excluding steroid dienone is 1. The summed E-state index contributed by atoms with van der Waals surface area (Å²) in [6, 6.07) is 3.34. The molecule has 1 saturated carbocycles. The molecule has 3 atom stereocenters. The van der Waals surface area contributed by atoms with Crippen molar-refractivity contribution in [3.05, 3.63) is 29.8 Å². The number of benzene rings is 1. The lowest BCUT2D eigenvalue weighted by Gasteiger charge is -2.37. The molecule has 6 nitrogen and oxygen atoms in total. The zero-order valence-corrected chi connectivity index (χ0v) is 21.3. The first-order valence-electron chi connectivity index (χ1n) is 11.1. The normalized spacial score (nSPS) is 20.7.